The molecule has 21 heavy (non-hydrogen) atoms. The lowest BCUT2D eigenvalue weighted by atomic mass is 10.1. The van der Waals surface area contributed by atoms with Crippen molar-refractivity contribution in [3.63, 3.8) is 0 Å². The summed E-state index contributed by atoms with van der Waals surface area (Å²) in [5, 5.41) is 2.14. The van der Waals surface area contributed by atoms with E-state index in [0.717, 1.165) is 17.2 Å². The van der Waals surface area contributed by atoms with Gasteiger partial charge in [-0.05, 0) is 31.0 Å². The molecular formula is C15H13N3O3. The van der Waals surface area contributed by atoms with Crippen LogP contribution >= 0.6 is 0 Å². The molecule has 0 spiro atoms. The second kappa shape index (κ2) is 4.31. The number of amides is 2. The van der Waals surface area contributed by atoms with E-state index in [9.17, 15) is 14.4 Å². The smallest absolute Gasteiger partial charge is 0.262 e. The van der Waals surface area contributed by atoms with Crippen molar-refractivity contribution in [2.75, 3.05) is 5.73 Å². The molecule has 0 saturated carbocycles. The Morgan fingerprint density at radius 1 is 1.10 bits per heavy atom. The van der Waals surface area contributed by atoms with E-state index < -0.39 is 17.4 Å². The van der Waals surface area contributed by atoms with Crippen LogP contribution in [0.5, 0.6) is 0 Å². The zero-order valence-electron chi connectivity index (χ0n) is 11.6. The van der Waals surface area contributed by atoms with Crippen LogP contribution in [0.2, 0.25) is 0 Å². The minimum atomic E-state index is -0.591. The molecule has 0 saturated heterocycles. The van der Waals surface area contributed by atoms with E-state index in [1.807, 2.05) is 26.0 Å². The minimum absolute atomic E-state index is 0.0189. The predicted octanol–water partition coefficient (Wildman–Crippen LogP) is 0.920. The zero-order chi connectivity index (χ0) is 15.3. The number of hydrogen-bond acceptors (Lipinski definition) is 4. The normalized spacial score (nSPS) is 13.2. The highest BCUT2D eigenvalue weighted by Crippen LogP contribution is 2.25. The number of carbonyl (C=O) groups excluding carboxylic acids is 2. The minimum Gasteiger partial charge on any atom is -0.384 e. The van der Waals surface area contributed by atoms with Gasteiger partial charge in [-0.25, -0.2) is 0 Å². The Hall–Kier alpha value is -2.89. The molecule has 0 fully saturated rings. The van der Waals surface area contributed by atoms with Crippen molar-refractivity contribution < 1.29 is 9.59 Å². The number of carbonyl (C=O) groups is 2. The largest absolute Gasteiger partial charge is 0.384 e. The number of pyridine rings is 1. The molecule has 0 atom stereocenters. The maximum atomic E-state index is 12.3. The van der Waals surface area contributed by atoms with E-state index in [2.05, 4.69) is 5.32 Å². The van der Waals surface area contributed by atoms with Gasteiger partial charge in [0.2, 0.25) is 0 Å². The number of nitrogens with one attached hydrogen (secondary N) is 1. The van der Waals surface area contributed by atoms with Crippen LogP contribution in [-0.4, -0.2) is 16.4 Å². The van der Waals surface area contributed by atoms with Crippen molar-refractivity contribution in [3.05, 3.63) is 56.9 Å². The topological polar surface area (TPSA) is 94.2 Å². The molecule has 0 aliphatic carbocycles. The van der Waals surface area contributed by atoms with E-state index in [1.54, 1.807) is 6.07 Å². The summed E-state index contributed by atoms with van der Waals surface area (Å²) < 4.78 is 1.26. The van der Waals surface area contributed by atoms with Crippen LogP contribution < -0.4 is 16.6 Å². The van der Waals surface area contributed by atoms with Crippen LogP contribution in [0.1, 0.15) is 31.8 Å². The number of nitrogens with two attached hydrogens (primary N) is 1. The second-order valence-electron chi connectivity index (χ2n) is 4.99. The maximum Gasteiger partial charge on any atom is 0.262 e. The summed E-state index contributed by atoms with van der Waals surface area (Å²) in [4.78, 5) is 35.7. The molecule has 0 unspecified atom stereocenters. The Morgan fingerprint density at radius 2 is 1.81 bits per heavy atom. The van der Waals surface area contributed by atoms with Crippen molar-refractivity contribution in [1.82, 2.24) is 9.88 Å². The fourth-order valence-electron chi connectivity index (χ4n) is 2.51. The van der Waals surface area contributed by atoms with Crippen LogP contribution in [0.15, 0.2) is 29.1 Å². The van der Waals surface area contributed by atoms with Gasteiger partial charge in [-0.15, -0.1) is 0 Å². The summed E-state index contributed by atoms with van der Waals surface area (Å²) in [6.45, 7) is 3.79. The number of nitrogen functional groups attached to an aromatic ring is 1. The lowest BCUT2D eigenvalue weighted by Gasteiger charge is -2.15. The lowest BCUT2D eigenvalue weighted by molar-refractivity contribution is 0.0880. The third-order valence-corrected chi connectivity index (χ3v) is 3.77. The number of fused-ring (bicyclic) bond motifs is 1. The van der Waals surface area contributed by atoms with Crippen LogP contribution in [0.4, 0.5) is 5.82 Å². The number of rotatable bonds is 1. The number of hydrogen-bond donors (Lipinski definition) is 2. The van der Waals surface area contributed by atoms with Crippen molar-refractivity contribution in [1.29, 1.82) is 0 Å². The highest BCUT2D eigenvalue weighted by molar-refractivity contribution is 6.23. The summed E-state index contributed by atoms with van der Waals surface area (Å²) in [5.74, 6) is -1.19. The summed E-state index contributed by atoms with van der Waals surface area (Å²) in [6, 6.07) is 6.63. The average Bonchev–Trinajstić information content (AvgIpc) is 2.69. The molecule has 6 nitrogen and oxygen atoms in total. The van der Waals surface area contributed by atoms with E-state index in [4.69, 9.17) is 5.73 Å². The van der Waals surface area contributed by atoms with Gasteiger partial charge in [0.05, 0.1) is 16.8 Å². The van der Waals surface area contributed by atoms with E-state index in [1.165, 1.54) is 4.57 Å². The molecule has 0 radical (unpaired) electrons. The average molecular weight is 283 g/mol. The van der Waals surface area contributed by atoms with E-state index in [-0.39, 0.29) is 16.9 Å². The number of anilines is 1. The Kier molecular flexibility index (Phi) is 2.69. The van der Waals surface area contributed by atoms with Gasteiger partial charge in [-0.3, -0.25) is 24.3 Å². The molecule has 2 aromatic rings. The Labute approximate surface area is 120 Å². The molecular weight excluding hydrogens is 270 g/mol. The van der Waals surface area contributed by atoms with Crippen LogP contribution in [0, 0.1) is 13.8 Å². The molecule has 1 aliphatic rings. The fraction of sp³-hybridized carbons (Fsp3) is 0.133. The molecule has 2 amide bonds. The first-order valence-electron chi connectivity index (χ1n) is 6.39. The molecule has 6 heteroatoms. The SMILES string of the molecule is Cc1cccc(-n2c(N)c3c(cc2=O)C(=O)NC3=O)c1C. The van der Waals surface area contributed by atoms with Gasteiger partial charge in [0.15, 0.2) is 0 Å². The monoisotopic (exact) mass is 283 g/mol. The number of benzene rings is 1. The van der Waals surface area contributed by atoms with Gasteiger partial charge in [-0.1, -0.05) is 12.1 Å². The summed E-state index contributed by atoms with van der Waals surface area (Å²) in [6.07, 6.45) is 0. The number of nitrogens with zero attached hydrogens (tertiary/aromatic N) is 1. The molecule has 1 aromatic heterocycles. The quantitative estimate of drug-likeness (QED) is 0.761. The maximum absolute atomic E-state index is 12.3. The van der Waals surface area contributed by atoms with Gasteiger partial charge in [0.25, 0.3) is 17.4 Å². The van der Waals surface area contributed by atoms with Gasteiger partial charge in [0, 0.05) is 6.07 Å². The van der Waals surface area contributed by atoms with Crippen molar-refractivity contribution in [2.45, 2.75) is 13.8 Å². The van der Waals surface area contributed by atoms with E-state index >= 15 is 0 Å². The molecule has 2 heterocycles. The predicted molar refractivity (Wildman–Crippen MR) is 77.7 cm³/mol. The van der Waals surface area contributed by atoms with Crippen LogP contribution in [-0.2, 0) is 0 Å². The molecule has 0 bridgehead atoms. The highest BCUT2D eigenvalue weighted by atomic mass is 16.2. The molecule has 3 N–H and O–H groups in total. The molecule has 1 aromatic carbocycles. The number of imide groups is 1. The van der Waals surface area contributed by atoms with Crippen molar-refractivity contribution >= 4 is 17.6 Å². The van der Waals surface area contributed by atoms with Crippen molar-refractivity contribution in [2.24, 2.45) is 0 Å². The van der Waals surface area contributed by atoms with Crippen LogP contribution in [0.3, 0.4) is 0 Å². The molecule has 1 aliphatic heterocycles. The van der Waals surface area contributed by atoms with Crippen molar-refractivity contribution in [3.8, 4) is 5.69 Å². The van der Waals surface area contributed by atoms with Gasteiger partial charge >= 0.3 is 0 Å². The van der Waals surface area contributed by atoms with E-state index in [0.29, 0.717) is 5.69 Å². The summed E-state index contributed by atoms with van der Waals surface area (Å²) in [5.41, 5.74) is 8.13. The Bertz CT molecular complexity index is 865. The number of aryl methyl sites for hydroxylation is 1. The molecule has 3 rings (SSSR count). The number of aromatic nitrogens is 1. The van der Waals surface area contributed by atoms with Gasteiger partial charge < -0.3 is 5.73 Å². The summed E-state index contributed by atoms with van der Waals surface area (Å²) in [7, 11) is 0. The molecule has 106 valence electrons. The second-order valence-corrected chi connectivity index (χ2v) is 4.99. The Morgan fingerprint density at radius 3 is 2.52 bits per heavy atom. The van der Waals surface area contributed by atoms with Crippen LogP contribution in [0.25, 0.3) is 5.69 Å². The highest BCUT2D eigenvalue weighted by Gasteiger charge is 2.32. The standard InChI is InChI=1S/C15H13N3O3/c1-7-4-3-5-10(8(7)2)18-11(19)6-9-12(13(18)16)15(21)17-14(9)20/h3-6H,16H2,1-2H3,(H,17,20,21). The Balaban J connectivity index is 2.39. The first kappa shape index (κ1) is 13.1. The lowest BCUT2D eigenvalue weighted by Crippen LogP contribution is -2.24. The van der Waals surface area contributed by atoms with Gasteiger partial charge in [0.1, 0.15) is 5.82 Å². The summed E-state index contributed by atoms with van der Waals surface area (Å²) >= 11 is 0. The third-order valence-electron chi connectivity index (χ3n) is 3.77. The first-order valence-corrected chi connectivity index (χ1v) is 6.39. The fourth-order valence-corrected chi connectivity index (χ4v) is 2.51. The third kappa shape index (κ3) is 1.76. The first-order chi connectivity index (χ1) is 9.91. The van der Waals surface area contributed by atoms with Gasteiger partial charge in [-0.2, -0.15) is 0 Å². The zero-order valence-corrected chi connectivity index (χ0v) is 11.6.